The van der Waals surface area contributed by atoms with E-state index in [1.807, 2.05) is 30.5 Å². The first-order valence-electron chi connectivity index (χ1n) is 10.3. The summed E-state index contributed by atoms with van der Waals surface area (Å²) in [5.74, 6) is 1.90. The number of ether oxygens (including phenoxy) is 1. The van der Waals surface area contributed by atoms with E-state index in [0.717, 1.165) is 37.1 Å². The summed E-state index contributed by atoms with van der Waals surface area (Å²) in [6.07, 6.45) is 11.4. The average molecular weight is 367 g/mol. The summed E-state index contributed by atoms with van der Waals surface area (Å²) in [6.45, 7) is 4.47. The average Bonchev–Trinajstić information content (AvgIpc) is 2.68. The molecular formula is C23H30N2O2. The maximum Gasteiger partial charge on any atom is 0.311 e. The van der Waals surface area contributed by atoms with Gasteiger partial charge in [-0.05, 0) is 61.4 Å². The Morgan fingerprint density at radius 3 is 2.70 bits per heavy atom. The third-order valence-corrected chi connectivity index (χ3v) is 5.23. The second-order valence-electron chi connectivity index (χ2n) is 7.68. The van der Waals surface area contributed by atoms with Gasteiger partial charge in [-0.1, -0.05) is 39.5 Å². The number of nitrogens with zero attached hydrogens (tertiary/aromatic N) is 2. The molecule has 0 saturated heterocycles. The molecule has 1 unspecified atom stereocenters. The van der Waals surface area contributed by atoms with Crippen molar-refractivity contribution in [2.24, 2.45) is 5.92 Å². The number of aromatic nitrogens is 2. The third kappa shape index (κ3) is 5.62. The van der Waals surface area contributed by atoms with E-state index >= 15 is 0 Å². The zero-order valence-electron chi connectivity index (χ0n) is 16.5. The van der Waals surface area contributed by atoms with Crippen molar-refractivity contribution in [1.29, 1.82) is 0 Å². The molecule has 0 N–H and O–H groups in total. The van der Waals surface area contributed by atoms with Crippen molar-refractivity contribution in [2.45, 2.75) is 71.6 Å². The summed E-state index contributed by atoms with van der Waals surface area (Å²) in [6, 6.07) is 7.51. The minimum atomic E-state index is -0.154. The van der Waals surface area contributed by atoms with E-state index in [-0.39, 0.29) is 5.97 Å². The molecule has 0 amide bonds. The van der Waals surface area contributed by atoms with E-state index < -0.39 is 0 Å². The number of carbonyl (C=O) groups is 1. The zero-order valence-corrected chi connectivity index (χ0v) is 16.5. The van der Waals surface area contributed by atoms with Crippen LogP contribution in [0.1, 0.15) is 70.1 Å². The number of rotatable bonds is 8. The molecule has 0 bridgehead atoms. The predicted octanol–water partition coefficient (Wildman–Crippen LogP) is 5.53. The second kappa shape index (κ2) is 9.63. The van der Waals surface area contributed by atoms with Crippen LogP contribution in [0.3, 0.4) is 0 Å². The zero-order chi connectivity index (χ0) is 19.1. The molecule has 0 fully saturated rings. The quantitative estimate of drug-likeness (QED) is 0.350. The third-order valence-electron chi connectivity index (χ3n) is 5.23. The van der Waals surface area contributed by atoms with Crippen molar-refractivity contribution in [3.63, 3.8) is 0 Å². The van der Waals surface area contributed by atoms with Crippen molar-refractivity contribution in [3.05, 3.63) is 41.7 Å². The Morgan fingerprint density at radius 2 is 1.93 bits per heavy atom. The highest BCUT2D eigenvalue weighted by Crippen LogP contribution is 2.26. The molecule has 4 nitrogen and oxygen atoms in total. The smallest absolute Gasteiger partial charge is 0.311 e. The van der Waals surface area contributed by atoms with Gasteiger partial charge in [-0.15, -0.1) is 0 Å². The summed E-state index contributed by atoms with van der Waals surface area (Å²) in [5, 5.41) is 0. The van der Waals surface area contributed by atoms with Crippen molar-refractivity contribution in [2.75, 3.05) is 0 Å². The lowest BCUT2D eigenvalue weighted by Crippen LogP contribution is -2.14. The molecule has 1 aromatic carbocycles. The van der Waals surface area contributed by atoms with Crippen molar-refractivity contribution >= 4 is 5.97 Å². The van der Waals surface area contributed by atoms with Gasteiger partial charge in [0.1, 0.15) is 5.75 Å². The number of hydrogen-bond donors (Lipinski definition) is 0. The number of esters is 1. The Hall–Kier alpha value is -2.23. The molecule has 1 aliphatic carbocycles. The Balaban J connectivity index is 1.55. The lowest BCUT2D eigenvalue weighted by Gasteiger charge is -2.20. The van der Waals surface area contributed by atoms with Crippen LogP contribution in [0.2, 0.25) is 0 Å². The highest BCUT2D eigenvalue weighted by Gasteiger charge is 2.17. The van der Waals surface area contributed by atoms with Gasteiger partial charge in [-0.3, -0.25) is 4.79 Å². The van der Waals surface area contributed by atoms with E-state index in [1.165, 1.54) is 36.9 Å². The van der Waals surface area contributed by atoms with Gasteiger partial charge in [0.15, 0.2) is 5.82 Å². The van der Waals surface area contributed by atoms with E-state index in [0.29, 0.717) is 18.1 Å². The topological polar surface area (TPSA) is 52.1 Å². The summed E-state index contributed by atoms with van der Waals surface area (Å²) < 4.78 is 5.43. The molecule has 0 spiro atoms. The molecule has 1 heterocycles. The van der Waals surface area contributed by atoms with Gasteiger partial charge in [0.05, 0.1) is 0 Å². The number of hydrogen-bond acceptors (Lipinski definition) is 4. The lowest BCUT2D eigenvalue weighted by molar-refractivity contribution is -0.134. The fourth-order valence-corrected chi connectivity index (χ4v) is 3.56. The fraction of sp³-hybridized carbons (Fsp3) is 0.522. The first kappa shape index (κ1) is 19.5. The van der Waals surface area contributed by atoms with Gasteiger partial charge in [0, 0.05) is 23.9 Å². The lowest BCUT2D eigenvalue weighted by atomic mass is 9.89. The van der Waals surface area contributed by atoms with E-state index in [4.69, 9.17) is 9.72 Å². The van der Waals surface area contributed by atoms with Crippen LogP contribution in [0.4, 0.5) is 0 Å². The Kier molecular flexibility index (Phi) is 6.97. The molecule has 1 aliphatic rings. The maximum atomic E-state index is 11.9. The monoisotopic (exact) mass is 366 g/mol. The van der Waals surface area contributed by atoms with Gasteiger partial charge in [0.25, 0.3) is 0 Å². The molecule has 144 valence electrons. The van der Waals surface area contributed by atoms with Crippen LogP contribution in [0, 0.1) is 5.92 Å². The van der Waals surface area contributed by atoms with Crippen molar-refractivity contribution < 1.29 is 9.53 Å². The molecule has 3 rings (SSSR count). The number of benzene rings is 1. The number of aryl methyl sites for hydroxylation is 1. The molecule has 2 aromatic rings. The summed E-state index contributed by atoms with van der Waals surface area (Å²) in [4.78, 5) is 21.2. The maximum absolute atomic E-state index is 11.9. The molecule has 0 aliphatic heterocycles. The second-order valence-corrected chi connectivity index (χ2v) is 7.68. The van der Waals surface area contributed by atoms with Gasteiger partial charge in [-0.25, -0.2) is 9.97 Å². The van der Waals surface area contributed by atoms with Gasteiger partial charge in [-0.2, -0.15) is 0 Å². The van der Waals surface area contributed by atoms with Crippen LogP contribution < -0.4 is 4.74 Å². The first-order valence-corrected chi connectivity index (χ1v) is 10.3. The van der Waals surface area contributed by atoms with Gasteiger partial charge < -0.3 is 4.74 Å². The first-order chi connectivity index (χ1) is 13.2. The standard InChI is InChI=1S/C23H30N2O2/c1-3-4-5-6-7-8-22(26)27-20-12-10-18(11-13-20)23-24-16-19-15-17(2)9-14-21(19)25-23/h10-13,16-17H,3-9,14-15H2,1-2H3. The van der Waals surface area contributed by atoms with Crippen molar-refractivity contribution in [1.82, 2.24) is 9.97 Å². The minimum Gasteiger partial charge on any atom is -0.427 e. The van der Waals surface area contributed by atoms with Crippen LogP contribution >= 0.6 is 0 Å². The molecular weight excluding hydrogens is 336 g/mol. The number of unbranched alkanes of at least 4 members (excludes halogenated alkanes) is 4. The SMILES string of the molecule is CCCCCCCC(=O)Oc1ccc(-c2ncc3c(n2)CCC(C)C3)cc1. The molecule has 1 atom stereocenters. The predicted molar refractivity (Wildman–Crippen MR) is 108 cm³/mol. The molecule has 4 heteroatoms. The van der Waals surface area contributed by atoms with Crippen LogP contribution in [0.15, 0.2) is 30.5 Å². The van der Waals surface area contributed by atoms with Crippen LogP contribution in [0.25, 0.3) is 11.4 Å². The summed E-state index contributed by atoms with van der Waals surface area (Å²) in [5.41, 5.74) is 3.41. The van der Waals surface area contributed by atoms with Crippen LogP contribution in [-0.4, -0.2) is 15.9 Å². The number of carbonyl (C=O) groups excluding carboxylic acids is 1. The van der Waals surface area contributed by atoms with Crippen LogP contribution in [0.5, 0.6) is 5.75 Å². The van der Waals surface area contributed by atoms with E-state index in [1.54, 1.807) is 0 Å². The Labute approximate surface area is 162 Å². The molecule has 1 aromatic heterocycles. The molecule has 0 saturated carbocycles. The Morgan fingerprint density at radius 1 is 1.15 bits per heavy atom. The highest BCUT2D eigenvalue weighted by atomic mass is 16.5. The number of fused-ring (bicyclic) bond motifs is 1. The molecule has 27 heavy (non-hydrogen) atoms. The van der Waals surface area contributed by atoms with Gasteiger partial charge in [0.2, 0.25) is 0 Å². The van der Waals surface area contributed by atoms with E-state index in [9.17, 15) is 4.79 Å². The Bertz CT molecular complexity index is 755. The summed E-state index contributed by atoms with van der Waals surface area (Å²) >= 11 is 0. The molecule has 0 radical (unpaired) electrons. The minimum absolute atomic E-state index is 0.154. The van der Waals surface area contributed by atoms with Crippen LogP contribution in [-0.2, 0) is 17.6 Å². The van der Waals surface area contributed by atoms with E-state index in [2.05, 4.69) is 18.8 Å². The normalized spacial score (nSPS) is 16.0. The van der Waals surface area contributed by atoms with Crippen molar-refractivity contribution in [3.8, 4) is 17.1 Å². The summed E-state index contributed by atoms with van der Waals surface area (Å²) in [7, 11) is 0. The largest absolute Gasteiger partial charge is 0.427 e. The fourth-order valence-electron chi connectivity index (χ4n) is 3.56. The van der Waals surface area contributed by atoms with Gasteiger partial charge >= 0.3 is 5.97 Å². The highest BCUT2D eigenvalue weighted by molar-refractivity contribution is 5.72.